The van der Waals surface area contributed by atoms with Crippen LogP contribution in [-0.4, -0.2) is 166 Å². The minimum absolute atomic E-state index is 0.150. The summed E-state index contributed by atoms with van der Waals surface area (Å²) >= 11 is -1.28. The Balaban J connectivity index is 2.51. The van der Waals surface area contributed by atoms with E-state index in [2.05, 4.69) is 10.1 Å². The molecule has 0 bridgehead atoms. The number of alkyl halides is 38. The molecule has 2 N–H and O–H groups in total. The van der Waals surface area contributed by atoms with E-state index in [9.17, 15) is 176 Å². The van der Waals surface area contributed by atoms with E-state index in [1.54, 1.807) is 12.2 Å². The van der Waals surface area contributed by atoms with Crippen LogP contribution < -0.4 is 10.6 Å². The maximum Gasteiger partial charge on any atom is 0.438 e. The molecule has 0 aromatic heterocycles. The first-order chi connectivity index (χ1) is 36.2. The van der Waals surface area contributed by atoms with Crippen LogP contribution in [0.15, 0.2) is 18.2 Å². The average Bonchev–Trinajstić information content (AvgIpc) is 4.03. The summed E-state index contributed by atoms with van der Waals surface area (Å²) in [6.07, 6.45) is -45.3. The molecule has 2 rings (SSSR count). The second kappa shape index (κ2) is 22.5. The number of hydrogen-bond donors (Lipinski definition) is 2. The van der Waals surface area contributed by atoms with E-state index in [1.807, 2.05) is 0 Å². The van der Waals surface area contributed by atoms with Crippen LogP contribution in [0.1, 0.15) is 25.3 Å². The van der Waals surface area contributed by atoms with Crippen molar-refractivity contribution in [3.63, 3.8) is 0 Å². The van der Waals surface area contributed by atoms with Crippen molar-refractivity contribution in [1.29, 1.82) is 0 Å². The largest absolute Gasteiger partial charge is 0.444 e. The number of urea groups is 1. The number of nitrogens with zero attached hydrogens (tertiary/aromatic N) is 1. The van der Waals surface area contributed by atoms with Gasteiger partial charge < -0.3 is 15.0 Å². The molecule has 6 nitrogen and oxygen atoms in total. The maximum atomic E-state index is 14.6. The van der Waals surface area contributed by atoms with Crippen molar-refractivity contribution in [2.45, 2.75) is 146 Å². The zero-order valence-corrected chi connectivity index (χ0v) is 40.8. The van der Waals surface area contributed by atoms with E-state index in [0.29, 0.717) is 0 Å². The van der Waals surface area contributed by atoms with Crippen LogP contribution in [0.5, 0.6) is 0 Å². The molecule has 83 heavy (non-hydrogen) atoms. The van der Waals surface area contributed by atoms with E-state index < -0.39 is 190 Å². The Bertz CT molecular complexity index is 2310. The number of ether oxygens (including phenoxy) is 1. The lowest BCUT2D eigenvalue weighted by molar-refractivity contribution is -0.472. The van der Waals surface area contributed by atoms with Gasteiger partial charge in [0.1, 0.15) is 6.10 Å². The van der Waals surface area contributed by atoms with Crippen LogP contribution in [0.2, 0.25) is 0 Å². The summed E-state index contributed by atoms with van der Waals surface area (Å²) in [4.78, 5) is 26.3. The van der Waals surface area contributed by atoms with Crippen molar-refractivity contribution < 1.29 is 181 Å². The maximum absolute atomic E-state index is 14.6. The molecular weight excluding hydrogens is 1320 g/mol. The third-order valence-electron chi connectivity index (χ3n) is 11.3. The summed E-state index contributed by atoms with van der Waals surface area (Å²) in [6.45, 7) is 3.08. The third-order valence-corrected chi connectivity index (χ3v) is 13.5. The highest BCUT2D eigenvalue weighted by Crippen LogP contribution is 2.69. The van der Waals surface area contributed by atoms with Gasteiger partial charge in [-0.2, -0.15) is 182 Å². The molecule has 1 aromatic carbocycles. The van der Waals surface area contributed by atoms with Crippen LogP contribution in [-0.2, 0) is 4.74 Å². The highest BCUT2D eigenvalue weighted by Gasteiger charge is 3.00. The predicted octanol–water partition coefficient (Wildman–Crippen LogP) is 16.7. The Morgan fingerprint density at radius 1 is 0.482 bits per heavy atom. The van der Waals surface area contributed by atoms with Gasteiger partial charge >= 0.3 is 119 Å². The smallest absolute Gasteiger partial charge is 0.438 e. The summed E-state index contributed by atoms with van der Waals surface area (Å²) in [6, 6.07) is 1.85. The van der Waals surface area contributed by atoms with Gasteiger partial charge in [0.15, 0.2) is 0 Å². The zero-order chi connectivity index (χ0) is 66.2. The van der Waals surface area contributed by atoms with Gasteiger partial charge in [0, 0.05) is 48.3 Å². The van der Waals surface area contributed by atoms with Crippen LogP contribution in [0.4, 0.5) is 188 Å². The third kappa shape index (κ3) is 12.3. The molecule has 1 aliphatic rings. The fourth-order valence-corrected chi connectivity index (χ4v) is 8.39. The van der Waals surface area contributed by atoms with Gasteiger partial charge in [0.2, 0.25) is 0 Å². The highest BCUT2D eigenvalue weighted by molar-refractivity contribution is 8.00. The molecular formula is C37H27F38N3O3S2. The lowest BCUT2D eigenvalue weighted by atomic mass is 9.83. The molecule has 1 saturated heterocycles. The van der Waals surface area contributed by atoms with Crippen molar-refractivity contribution in [2.75, 3.05) is 40.2 Å². The number of carbonyl (C=O) groups excluding carboxylic acids is 2. The number of anilines is 2. The number of halogens is 38. The fraction of sp³-hybridized carbons (Fsp3) is 0.784. The lowest BCUT2D eigenvalue weighted by Gasteiger charge is -2.45. The predicted molar refractivity (Wildman–Crippen MR) is 205 cm³/mol. The first-order valence-electron chi connectivity index (χ1n) is 20.7. The van der Waals surface area contributed by atoms with Gasteiger partial charge in [-0.1, -0.05) is 6.07 Å². The molecule has 3 amide bonds. The minimum atomic E-state index is -9.40. The highest BCUT2D eigenvalue weighted by atomic mass is 32.2. The summed E-state index contributed by atoms with van der Waals surface area (Å²) in [5, 5.41) is 4.09. The Kier molecular flexibility index (Phi) is 20.3. The first kappa shape index (κ1) is 74.9. The summed E-state index contributed by atoms with van der Waals surface area (Å²) in [5.74, 6) is -113. The number of amides is 3. The monoisotopic (exact) mass is 1350 g/mol. The molecule has 0 spiro atoms. The Morgan fingerprint density at radius 3 is 1.06 bits per heavy atom. The van der Waals surface area contributed by atoms with E-state index in [0.717, 1.165) is 18.2 Å². The molecule has 0 radical (unpaired) electrons. The number of aryl methyl sites for hydroxylation is 1. The van der Waals surface area contributed by atoms with Gasteiger partial charge in [0.05, 0.1) is 0 Å². The molecule has 1 aliphatic heterocycles. The zero-order valence-electron chi connectivity index (χ0n) is 39.2. The molecule has 0 saturated carbocycles. The van der Waals surface area contributed by atoms with Gasteiger partial charge in [-0.15, -0.1) is 0 Å². The number of benzene rings is 1. The van der Waals surface area contributed by atoms with Crippen molar-refractivity contribution in [3.8, 4) is 0 Å². The van der Waals surface area contributed by atoms with Gasteiger partial charge in [0.25, 0.3) is 0 Å². The molecule has 46 heteroatoms. The minimum Gasteiger partial charge on any atom is -0.444 e. The average molecular weight is 1350 g/mol. The van der Waals surface area contributed by atoms with Crippen molar-refractivity contribution in [2.24, 2.45) is 0 Å². The van der Waals surface area contributed by atoms with Crippen LogP contribution >= 0.6 is 23.5 Å². The molecule has 1 atom stereocenters. The summed E-state index contributed by atoms with van der Waals surface area (Å²) < 4.78 is 529. The first-order valence-corrected chi connectivity index (χ1v) is 23.0. The van der Waals surface area contributed by atoms with E-state index in [4.69, 9.17) is 0 Å². The quantitative estimate of drug-likeness (QED) is 0.0580. The second-order valence-corrected chi connectivity index (χ2v) is 19.5. The Morgan fingerprint density at radius 2 is 0.771 bits per heavy atom. The Labute approximate surface area is 443 Å². The van der Waals surface area contributed by atoms with E-state index in [1.165, 1.54) is 11.8 Å². The molecule has 0 aliphatic carbocycles. The lowest BCUT2D eigenvalue weighted by Crippen LogP contribution is -2.77. The van der Waals surface area contributed by atoms with Gasteiger partial charge in [-0.05, 0) is 43.0 Å². The number of rotatable bonds is 25. The van der Waals surface area contributed by atoms with Crippen LogP contribution in [0.3, 0.4) is 0 Å². The summed E-state index contributed by atoms with van der Waals surface area (Å²) in [7, 11) is 0. The number of carbonyl (C=O) groups is 2. The molecule has 1 heterocycles. The topological polar surface area (TPSA) is 70.4 Å². The number of nitrogens with one attached hydrogen (secondary N) is 2. The van der Waals surface area contributed by atoms with Gasteiger partial charge in [-0.3, -0.25) is 5.32 Å². The molecule has 1 unspecified atom stereocenters. The Hall–Kier alpha value is -4.20. The summed E-state index contributed by atoms with van der Waals surface area (Å²) in [5.41, 5.74) is -18.6. The fourth-order valence-electron chi connectivity index (χ4n) is 6.21. The molecule has 1 fully saturated rings. The number of hydrogen-bond acceptors (Lipinski definition) is 5. The second-order valence-electron chi connectivity index (χ2n) is 17.2. The molecule has 486 valence electrons. The molecule has 1 aromatic rings. The standard InChI is InChI=1S/C37H27F38N3O3S2/c1-13-3-4-15(9-17(13)77-18(79)78-10-14(78)2)76-19(80)81-16(11-82-7-5-20(38,39)24(44,45)28(52,53)32(60,61)30(56,57)26(48,49)22(42,34(64,65)66)35(67,68)69)12-83-8-6-21(40,41)25(46,47)29(54,55)33(62,63)31(58,59)27(50,51)23(43,36(70,71)72)37(73,74)75/h3-4,9,14,16H,5-8,10-12H2,1-2H3,(H,76,80)(H,77,79). The van der Waals surface area contributed by atoms with Crippen LogP contribution in [0, 0.1) is 6.92 Å². The van der Waals surface area contributed by atoms with Gasteiger partial charge in [-0.25, -0.2) is 18.4 Å². The number of thioether (sulfide) groups is 2. The van der Waals surface area contributed by atoms with E-state index >= 15 is 0 Å². The van der Waals surface area contributed by atoms with Crippen molar-refractivity contribution >= 4 is 47.0 Å². The van der Waals surface area contributed by atoms with Crippen molar-refractivity contribution in [3.05, 3.63) is 23.8 Å². The van der Waals surface area contributed by atoms with E-state index in [-0.39, 0.29) is 23.8 Å². The van der Waals surface area contributed by atoms with Crippen molar-refractivity contribution in [1.82, 2.24) is 4.90 Å². The normalized spacial score (nSPS) is 17.1. The van der Waals surface area contributed by atoms with Crippen LogP contribution in [0.25, 0.3) is 0 Å². The SMILES string of the molecule is Cc1ccc(NC(=O)OC(CSCCC(F)(F)C(F)(F)C(F)(F)C(F)(F)C(F)(F)C(F)(F)C(F)(C(F)(F)F)C(F)(F)F)CSCCC(F)(F)C(F)(F)C(F)(F)C(F)(F)C(F)(F)C(F)(F)C(F)(C(F)(F)F)C(F)(F)F)cc1NC(=O)N1CC1C.